The fourth-order valence-corrected chi connectivity index (χ4v) is 4.90. The van der Waals surface area contributed by atoms with Crippen LogP contribution in [-0.4, -0.2) is 33.2 Å². The third kappa shape index (κ3) is 3.93. The number of amides is 1. The number of hydrogen-bond donors (Lipinski definition) is 0. The molecule has 0 N–H and O–H groups in total. The molecule has 0 saturated heterocycles. The minimum Gasteiger partial charge on any atom is -0.310 e. The Balaban J connectivity index is 2.02. The Bertz CT molecular complexity index is 979. The molecule has 1 aliphatic rings. The van der Waals surface area contributed by atoms with E-state index >= 15 is 0 Å². The van der Waals surface area contributed by atoms with Crippen molar-refractivity contribution in [3.8, 4) is 0 Å². The van der Waals surface area contributed by atoms with Gasteiger partial charge < -0.3 is 4.90 Å². The number of benzene rings is 2. The van der Waals surface area contributed by atoms with Gasteiger partial charge in [-0.15, -0.1) is 0 Å². The predicted molar refractivity (Wildman–Crippen MR) is 110 cm³/mol. The van der Waals surface area contributed by atoms with Gasteiger partial charge in [-0.3, -0.25) is 9.10 Å². The molecule has 3 rings (SSSR count). The number of halogens is 2. The van der Waals surface area contributed by atoms with E-state index in [1.54, 1.807) is 17.9 Å². The molecule has 0 unspecified atom stereocenters. The zero-order chi connectivity index (χ0) is 19.8. The Morgan fingerprint density at radius 1 is 1.19 bits per heavy atom. The van der Waals surface area contributed by atoms with Crippen LogP contribution in [0.2, 0.25) is 10.0 Å². The summed E-state index contributed by atoms with van der Waals surface area (Å²) in [6.45, 7) is 2.33. The van der Waals surface area contributed by atoms with Gasteiger partial charge in [0.05, 0.1) is 22.0 Å². The van der Waals surface area contributed by atoms with Crippen molar-refractivity contribution >= 4 is 50.5 Å². The number of para-hydroxylation sites is 1. The van der Waals surface area contributed by atoms with E-state index in [1.807, 2.05) is 24.3 Å². The predicted octanol–water partition coefficient (Wildman–Crippen LogP) is 4.13. The second-order valence-corrected chi connectivity index (χ2v) is 9.12. The van der Waals surface area contributed by atoms with E-state index in [0.717, 1.165) is 28.2 Å². The average molecular weight is 427 g/mol. The van der Waals surface area contributed by atoms with Gasteiger partial charge in [0.1, 0.15) is 6.04 Å². The largest absolute Gasteiger partial charge is 0.310 e. The van der Waals surface area contributed by atoms with Crippen LogP contribution in [0.3, 0.4) is 0 Å². The maximum absolute atomic E-state index is 13.3. The summed E-state index contributed by atoms with van der Waals surface area (Å²) in [5.41, 5.74) is 2.24. The molecule has 0 radical (unpaired) electrons. The Labute approximate surface area is 169 Å². The summed E-state index contributed by atoms with van der Waals surface area (Å²) >= 11 is 12.0. The van der Waals surface area contributed by atoms with E-state index in [4.69, 9.17) is 23.2 Å². The van der Waals surface area contributed by atoms with Gasteiger partial charge in [0.15, 0.2) is 0 Å². The molecule has 144 valence electrons. The van der Waals surface area contributed by atoms with Gasteiger partial charge in [-0.1, -0.05) is 48.3 Å². The highest BCUT2D eigenvalue weighted by Crippen LogP contribution is 2.33. The van der Waals surface area contributed by atoms with Crippen molar-refractivity contribution in [2.45, 2.75) is 25.8 Å². The summed E-state index contributed by atoms with van der Waals surface area (Å²) in [6.07, 6.45) is 2.16. The average Bonchev–Trinajstić information content (AvgIpc) is 3.04. The molecular weight excluding hydrogens is 407 g/mol. The van der Waals surface area contributed by atoms with Crippen molar-refractivity contribution in [1.29, 1.82) is 0 Å². The number of fused-ring (bicyclic) bond motifs is 1. The zero-order valence-corrected chi connectivity index (χ0v) is 17.4. The summed E-state index contributed by atoms with van der Waals surface area (Å²) in [5, 5.41) is 0.554. The van der Waals surface area contributed by atoms with Crippen molar-refractivity contribution in [3.05, 3.63) is 58.1 Å². The van der Waals surface area contributed by atoms with Crippen molar-refractivity contribution in [1.82, 2.24) is 0 Å². The Morgan fingerprint density at radius 3 is 2.52 bits per heavy atom. The van der Waals surface area contributed by atoms with E-state index in [1.165, 1.54) is 12.1 Å². The van der Waals surface area contributed by atoms with Crippen LogP contribution in [0.15, 0.2) is 42.5 Å². The fourth-order valence-electron chi connectivity index (χ4n) is 3.41. The lowest BCUT2D eigenvalue weighted by Crippen LogP contribution is -2.50. The monoisotopic (exact) mass is 426 g/mol. The third-order valence-corrected chi connectivity index (χ3v) is 6.54. The van der Waals surface area contributed by atoms with Crippen LogP contribution in [0.25, 0.3) is 0 Å². The number of carbonyl (C=O) groups excluding carboxylic acids is 1. The van der Waals surface area contributed by atoms with Gasteiger partial charge in [-0.25, -0.2) is 8.42 Å². The molecule has 1 heterocycles. The number of anilines is 2. The second-order valence-electron chi connectivity index (χ2n) is 6.45. The number of sulfonamides is 1. The molecule has 1 amide bonds. The molecule has 27 heavy (non-hydrogen) atoms. The van der Waals surface area contributed by atoms with Crippen LogP contribution < -0.4 is 9.21 Å². The molecule has 0 aromatic heterocycles. The van der Waals surface area contributed by atoms with Crippen molar-refractivity contribution in [2.75, 3.05) is 22.0 Å². The summed E-state index contributed by atoms with van der Waals surface area (Å²) in [4.78, 5) is 15.0. The maximum atomic E-state index is 13.3. The normalized spacial score (nSPS) is 14.7. The van der Waals surface area contributed by atoms with Gasteiger partial charge in [0.25, 0.3) is 5.91 Å². The first-order valence-electron chi connectivity index (χ1n) is 8.57. The minimum atomic E-state index is -3.73. The first-order chi connectivity index (χ1) is 12.7. The van der Waals surface area contributed by atoms with Crippen molar-refractivity contribution in [3.63, 3.8) is 0 Å². The smallest absolute Gasteiger partial charge is 0.250 e. The molecule has 8 heteroatoms. The van der Waals surface area contributed by atoms with Crippen LogP contribution in [0, 0.1) is 0 Å². The number of carbonyl (C=O) groups is 1. The first-order valence-corrected chi connectivity index (χ1v) is 11.2. The zero-order valence-electron chi connectivity index (χ0n) is 15.0. The molecule has 5 nitrogen and oxygen atoms in total. The summed E-state index contributed by atoms with van der Waals surface area (Å²) in [7, 11) is -3.73. The molecule has 0 aliphatic carbocycles. The van der Waals surface area contributed by atoms with E-state index in [0.29, 0.717) is 23.7 Å². The molecule has 2 aromatic rings. The molecule has 1 aliphatic heterocycles. The molecule has 2 aromatic carbocycles. The van der Waals surface area contributed by atoms with Crippen LogP contribution in [0.4, 0.5) is 11.4 Å². The second kappa shape index (κ2) is 7.70. The standard InChI is InChI=1S/C19H20Cl2N2O3S/c1-3-17(19(24)22-11-10-13-6-4-5-7-18(13)22)23(27(2,25)26)14-8-9-15(20)16(21)12-14/h4-9,12,17H,3,10-11H2,1-2H3/t17-/m0/s1. The Kier molecular flexibility index (Phi) is 5.70. The van der Waals surface area contributed by atoms with E-state index in [-0.39, 0.29) is 10.9 Å². The van der Waals surface area contributed by atoms with Gasteiger partial charge >= 0.3 is 0 Å². The quantitative estimate of drug-likeness (QED) is 0.721. The van der Waals surface area contributed by atoms with E-state index in [9.17, 15) is 13.2 Å². The van der Waals surface area contributed by atoms with Crippen molar-refractivity contribution in [2.24, 2.45) is 0 Å². The summed E-state index contributed by atoms with van der Waals surface area (Å²) in [6, 6.07) is 11.4. The van der Waals surface area contributed by atoms with Crippen LogP contribution in [-0.2, 0) is 21.2 Å². The summed E-state index contributed by atoms with van der Waals surface area (Å²) < 4.78 is 26.3. The first kappa shape index (κ1) is 20.0. The molecule has 0 spiro atoms. The number of nitrogens with zero attached hydrogens (tertiary/aromatic N) is 2. The topological polar surface area (TPSA) is 57.7 Å². The van der Waals surface area contributed by atoms with Gasteiger partial charge in [0.2, 0.25) is 10.0 Å². The number of hydrogen-bond acceptors (Lipinski definition) is 3. The van der Waals surface area contributed by atoms with Crippen LogP contribution in [0.1, 0.15) is 18.9 Å². The SMILES string of the molecule is CC[C@@H](C(=O)N1CCc2ccccc21)N(c1ccc(Cl)c(Cl)c1)S(C)(=O)=O. The molecule has 0 bridgehead atoms. The highest BCUT2D eigenvalue weighted by molar-refractivity contribution is 7.92. The van der Waals surface area contributed by atoms with Gasteiger partial charge in [-0.05, 0) is 42.7 Å². The third-order valence-electron chi connectivity index (χ3n) is 4.62. The van der Waals surface area contributed by atoms with Crippen LogP contribution in [0.5, 0.6) is 0 Å². The minimum absolute atomic E-state index is 0.233. The Morgan fingerprint density at radius 2 is 1.89 bits per heavy atom. The molecular formula is C19H20Cl2N2O3S. The van der Waals surface area contributed by atoms with E-state index in [2.05, 4.69) is 0 Å². The lowest BCUT2D eigenvalue weighted by molar-refractivity contribution is -0.119. The van der Waals surface area contributed by atoms with E-state index < -0.39 is 16.1 Å². The summed E-state index contributed by atoms with van der Waals surface area (Å²) in [5.74, 6) is -0.251. The molecule has 0 saturated carbocycles. The lowest BCUT2D eigenvalue weighted by Gasteiger charge is -2.33. The van der Waals surface area contributed by atoms with Gasteiger partial charge in [0, 0.05) is 12.2 Å². The van der Waals surface area contributed by atoms with Crippen molar-refractivity contribution < 1.29 is 13.2 Å². The van der Waals surface area contributed by atoms with Crippen LogP contribution >= 0.6 is 23.2 Å². The Hall–Kier alpha value is -1.76. The molecule has 1 atom stereocenters. The maximum Gasteiger partial charge on any atom is 0.250 e. The van der Waals surface area contributed by atoms with Gasteiger partial charge in [-0.2, -0.15) is 0 Å². The lowest BCUT2D eigenvalue weighted by atomic mass is 10.1. The highest BCUT2D eigenvalue weighted by atomic mass is 35.5. The fraction of sp³-hybridized carbons (Fsp3) is 0.316. The highest BCUT2D eigenvalue weighted by Gasteiger charge is 2.36. The number of rotatable bonds is 5. The molecule has 0 fully saturated rings.